The molecule has 8 bridgehead atoms. The highest BCUT2D eigenvalue weighted by molar-refractivity contribution is 7.99. The number of benzene rings is 4. The maximum atomic E-state index is 12.0. The van der Waals surface area contributed by atoms with Gasteiger partial charge in [0.15, 0.2) is 0 Å². The molecule has 0 spiro atoms. The maximum Gasteiger partial charge on any atom is 0.127 e. The second kappa shape index (κ2) is 14.0. The molecule has 12 rings (SSSR count). The average Bonchev–Trinajstić information content (AvgIpc) is 3.14. The molecule has 0 aromatic heterocycles. The van der Waals surface area contributed by atoms with Crippen molar-refractivity contribution >= 4 is 23.5 Å². The molecule has 8 saturated carbocycles. The minimum Gasteiger partial charge on any atom is -0.507 e. The van der Waals surface area contributed by atoms with Crippen molar-refractivity contribution in [3.63, 3.8) is 0 Å². The first-order valence-corrected chi connectivity index (χ1v) is 23.3. The number of hydrogen-bond acceptors (Lipinski definition) is 4. The monoisotopic (exact) mass is 754 g/mol. The Morgan fingerprint density at radius 2 is 0.815 bits per heavy atom. The molecule has 282 valence electrons. The third-order valence-corrected chi connectivity index (χ3v) is 17.5. The lowest BCUT2D eigenvalue weighted by Crippen LogP contribution is -2.48. The van der Waals surface area contributed by atoms with Crippen LogP contribution in [0.2, 0.25) is 0 Å². The van der Waals surface area contributed by atoms with Crippen molar-refractivity contribution in [1.82, 2.24) is 0 Å². The first-order valence-electron chi connectivity index (χ1n) is 21.4. The van der Waals surface area contributed by atoms with Gasteiger partial charge in [0.05, 0.1) is 0 Å². The van der Waals surface area contributed by atoms with Gasteiger partial charge in [-0.25, -0.2) is 0 Å². The summed E-state index contributed by atoms with van der Waals surface area (Å²) in [7, 11) is 0. The molecule has 0 atom stereocenters. The number of unbranched alkanes of at least 4 members (excludes halogenated alkanes) is 1. The lowest BCUT2D eigenvalue weighted by Gasteiger charge is -2.57. The number of phenolic OH excluding ortho intramolecular Hbond substituents is 2. The van der Waals surface area contributed by atoms with Crippen molar-refractivity contribution in [2.24, 2.45) is 35.5 Å². The van der Waals surface area contributed by atoms with E-state index in [4.69, 9.17) is 0 Å². The Hall–Kier alpha value is -2.82. The van der Waals surface area contributed by atoms with Gasteiger partial charge >= 0.3 is 0 Å². The molecule has 0 amide bonds. The molecule has 2 N–H and O–H groups in total. The summed E-state index contributed by atoms with van der Waals surface area (Å²) >= 11 is 3.89. The molecule has 4 heteroatoms. The van der Waals surface area contributed by atoms with Crippen molar-refractivity contribution in [3.8, 4) is 33.8 Å². The first-order chi connectivity index (χ1) is 26.2. The van der Waals surface area contributed by atoms with E-state index in [9.17, 15) is 10.2 Å². The number of aryl methyl sites for hydroxylation is 2. The zero-order chi connectivity index (χ0) is 36.6. The van der Waals surface area contributed by atoms with Gasteiger partial charge in [-0.05, 0) is 208 Å². The summed E-state index contributed by atoms with van der Waals surface area (Å²) in [6.07, 6.45) is 18.4. The van der Waals surface area contributed by atoms with Gasteiger partial charge in [0.1, 0.15) is 11.5 Å². The third kappa shape index (κ3) is 6.34. The van der Waals surface area contributed by atoms with Crippen LogP contribution in [0, 0.1) is 49.4 Å². The zero-order valence-corrected chi connectivity index (χ0v) is 34.0. The van der Waals surface area contributed by atoms with Gasteiger partial charge in [0.25, 0.3) is 0 Å². The molecular formula is C50H58O2S2. The molecule has 0 unspecified atom stereocenters. The second-order valence-corrected chi connectivity index (χ2v) is 21.5. The van der Waals surface area contributed by atoms with Gasteiger partial charge in [-0.1, -0.05) is 48.5 Å². The van der Waals surface area contributed by atoms with Gasteiger partial charge in [0.2, 0.25) is 0 Å². The minimum atomic E-state index is 0.173. The number of rotatable bonds is 11. The van der Waals surface area contributed by atoms with E-state index in [1.165, 1.54) is 120 Å². The van der Waals surface area contributed by atoms with Gasteiger partial charge < -0.3 is 10.2 Å². The maximum absolute atomic E-state index is 12.0. The Morgan fingerprint density at radius 3 is 1.17 bits per heavy atom. The van der Waals surface area contributed by atoms with Crippen molar-refractivity contribution < 1.29 is 10.2 Å². The van der Waals surface area contributed by atoms with Crippen LogP contribution < -0.4 is 0 Å². The molecule has 54 heavy (non-hydrogen) atoms. The van der Waals surface area contributed by atoms with E-state index >= 15 is 0 Å². The van der Waals surface area contributed by atoms with Crippen LogP contribution in [0.5, 0.6) is 11.5 Å². The van der Waals surface area contributed by atoms with Crippen LogP contribution in [0.15, 0.2) is 82.6 Å². The van der Waals surface area contributed by atoms with Crippen LogP contribution in [0.4, 0.5) is 0 Å². The minimum absolute atomic E-state index is 0.173. The van der Waals surface area contributed by atoms with Gasteiger partial charge in [0, 0.05) is 32.0 Å². The van der Waals surface area contributed by atoms with Gasteiger partial charge in [-0.15, -0.1) is 23.5 Å². The Bertz CT molecular complexity index is 1840. The molecule has 0 radical (unpaired) electrons. The van der Waals surface area contributed by atoms with E-state index in [1.807, 2.05) is 23.5 Å². The fourth-order valence-electron chi connectivity index (χ4n) is 13.9. The van der Waals surface area contributed by atoms with Crippen molar-refractivity contribution in [1.29, 1.82) is 0 Å². The zero-order valence-electron chi connectivity index (χ0n) is 32.4. The Kier molecular flexibility index (Phi) is 9.21. The predicted molar refractivity (Wildman–Crippen MR) is 227 cm³/mol. The van der Waals surface area contributed by atoms with Crippen LogP contribution in [0.25, 0.3) is 22.3 Å². The van der Waals surface area contributed by atoms with Gasteiger partial charge in [-0.2, -0.15) is 0 Å². The summed E-state index contributed by atoms with van der Waals surface area (Å²) in [5.74, 6) is 8.34. The summed E-state index contributed by atoms with van der Waals surface area (Å²) < 4.78 is 0. The van der Waals surface area contributed by atoms with Crippen molar-refractivity contribution in [2.75, 3.05) is 11.5 Å². The average molecular weight is 755 g/mol. The highest BCUT2D eigenvalue weighted by atomic mass is 32.2. The lowest BCUT2D eigenvalue weighted by molar-refractivity contribution is -0.00627. The highest BCUT2D eigenvalue weighted by Gasteiger charge is 2.54. The number of hydrogen-bond donors (Lipinski definition) is 2. The van der Waals surface area contributed by atoms with E-state index in [-0.39, 0.29) is 10.8 Å². The van der Waals surface area contributed by atoms with Crippen molar-refractivity contribution in [2.45, 2.75) is 124 Å². The summed E-state index contributed by atoms with van der Waals surface area (Å²) in [6.45, 7) is 4.45. The van der Waals surface area contributed by atoms with Gasteiger partial charge in [-0.3, -0.25) is 0 Å². The Morgan fingerprint density at radius 1 is 0.481 bits per heavy atom. The molecule has 0 saturated heterocycles. The fourth-order valence-corrected chi connectivity index (χ4v) is 16.0. The Labute approximate surface area is 332 Å². The second-order valence-electron chi connectivity index (χ2n) is 19.2. The topological polar surface area (TPSA) is 40.5 Å². The van der Waals surface area contributed by atoms with Crippen LogP contribution >= 0.6 is 23.5 Å². The molecule has 2 nitrogen and oxygen atoms in total. The molecule has 8 aliphatic carbocycles. The highest BCUT2D eigenvalue weighted by Crippen LogP contribution is 2.64. The van der Waals surface area contributed by atoms with E-state index in [1.54, 1.807) is 0 Å². The SMILES string of the molecule is Cc1cc(-c2ccccc2SCCCCSc2ccccc2-c2cc(C)cc(C34CC5C[C@H](C3)C[C@@H](C5)C4)c2O)c(O)c(C23CC4C[C@H](C2)C[C@@H](C4)C3)c1. The summed E-state index contributed by atoms with van der Waals surface area (Å²) in [4.78, 5) is 2.55. The molecule has 4 aromatic carbocycles. The van der Waals surface area contributed by atoms with Crippen molar-refractivity contribution in [3.05, 3.63) is 95.1 Å². The predicted octanol–water partition coefficient (Wildman–Crippen LogP) is 13.6. The number of aromatic hydroxyl groups is 2. The smallest absolute Gasteiger partial charge is 0.127 e. The largest absolute Gasteiger partial charge is 0.507 e. The molecule has 0 heterocycles. The molecule has 0 aliphatic heterocycles. The summed E-state index contributed by atoms with van der Waals surface area (Å²) in [6, 6.07) is 26.7. The van der Waals surface area contributed by atoms with Crippen LogP contribution in [-0.4, -0.2) is 21.7 Å². The normalized spacial score (nSPS) is 31.7. The van der Waals surface area contributed by atoms with Crippen LogP contribution in [-0.2, 0) is 10.8 Å². The Balaban J connectivity index is 0.813. The standard InChI is InChI=1S/C50H58O2S2/c1-31-15-41(47(51)43(17-31)49-25-33-19-34(26-49)21-35(20-33)27-49)39-9-3-5-11-45(39)53-13-7-8-14-54-46-12-6-4-10-40(46)42-16-32(2)18-44(48(42)52)50-28-36-22-37(29-50)24-38(23-36)30-50/h3-6,9-12,15-18,33-38,51-52H,7-8,13-14,19-30H2,1-2H3/t33-,34+,35?,36-,37+,38?,49?,50?. The van der Waals surface area contributed by atoms with E-state index in [0.29, 0.717) is 11.5 Å². The van der Waals surface area contributed by atoms with E-state index < -0.39 is 0 Å². The molecule has 8 fully saturated rings. The van der Waals surface area contributed by atoms with E-state index in [2.05, 4.69) is 86.6 Å². The number of phenols is 2. The summed E-state index contributed by atoms with van der Waals surface area (Å²) in [5.41, 5.74) is 9.81. The first kappa shape index (κ1) is 35.6. The lowest BCUT2D eigenvalue weighted by atomic mass is 9.48. The molecule has 4 aromatic rings. The van der Waals surface area contributed by atoms with E-state index in [0.717, 1.165) is 71.0 Å². The summed E-state index contributed by atoms with van der Waals surface area (Å²) in [5, 5.41) is 24.1. The number of thioether (sulfide) groups is 2. The quantitative estimate of drug-likeness (QED) is 0.118. The van der Waals surface area contributed by atoms with Crippen LogP contribution in [0.3, 0.4) is 0 Å². The fraction of sp³-hybridized carbons (Fsp3) is 0.520. The molecule has 8 aliphatic rings. The van der Waals surface area contributed by atoms with Crippen LogP contribution in [0.1, 0.15) is 112 Å². The third-order valence-electron chi connectivity index (χ3n) is 15.1. The molecular weight excluding hydrogens is 697 g/mol.